The molecule has 3 heteroatoms. The summed E-state index contributed by atoms with van der Waals surface area (Å²) in [5, 5.41) is 8.61. The third-order valence-corrected chi connectivity index (χ3v) is 1.96. The Labute approximate surface area is 92.5 Å². The standard InChI is InChI=1S/C13H7FNO/c14-11-2-1-3-13(8-11)16-12-6-4-10(9-15)5-7-12/h1,3-8H. The van der Waals surface area contributed by atoms with Gasteiger partial charge in [-0.3, -0.25) is 0 Å². The highest BCUT2D eigenvalue weighted by atomic mass is 19.1. The van der Waals surface area contributed by atoms with E-state index in [4.69, 9.17) is 10.00 Å². The summed E-state index contributed by atoms with van der Waals surface area (Å²) in [6.45, 7) is 0. The first-order chi connectivity index (χ1) is 7.78. The highest BCUT2D eigenvalue weighted by molar-refractivity contribution is 5.37. The summed E-state index contributed by atoms with van der Waals surface area (Å²) in [5.74, 6) is 0.497. The first-order valence-electron chi connectivity index (χ1n) is 4.63. The summed E-state index contributed by atoms with van der Waals surface area (Å²) in [7, 11) is 0. The molecule has 0 aliphatic heterocycles. The van der Waals surface area contributed by atoms with Crippen LogP contribution in [0.4, 0.5) is 4.39 Å². The van der Waals surface area contributed by atoms with Gasteiger partial charge >= 0.3 is 0 Å². The van der Waals surface area contributed by atoms with E-state index in [1.54, 1.807) is 30.3 Å². The fourth-order valence-electron chi connectivity index (χ4n) is 1.22. The average Bonchev–Trinajstić information content (AvgIpc) is 2.30. The van der Waals surface area contributed by atoms with Crippen LogP contribution in [0.5, 0.6) is 11.5 Å². The second-order valence-corrected chi connectivity index (χ2v) is 3.11. The minimum absolute atomic E-state index is 0.404. The Morgan fingerprint density at radius 3 is 2.50 bits per heavy atom. The van der Waals surface area contributed by atoms with Crippen molar-refractivity contribution in [3.63, 3.8) is 0 Å². The van der Waals surface area contributed by atoms with Crippen LogP contribution in [0.2, 0.25) is 0 Å². The molecule has 2 rings (SSSR count). The maximum absolute atomic E-state index is 12.8. The van der Waals surface area contributed by atoms with E-state index in [2.05, 4.69) is 6.07 Å². The van der Waals surface area contributed by atoms with Crippen LogP contribution < -0.4 is 4.74 Å². The van der Waals surface area contributed by atoms with E-state index in [1.807, 2.05) is 6.07 Å². The molecule has 2 nitrogen and oxygen atoms in total. The monoisotopic (exact) mass is 212 g/mol. The molecule has 0 saturated carbocycles. The Hall–Kier alpha value is -2.34. The van der Waals surface area contributed by atoms with E-state index in [-0.39, 0.29) is 0 Å². The number of nitriles is 1. The van der Waals surface area contributed by atoms with Crippen LogP contribution in [0.3, 0.4) is 0 Å². The molecule has 0 saturated heterocycles. The van der Waals surface area contributed by atoms with Gasteiger partial charge in [-0.25, -0.2) is 4.39 Å². The molecule has 0 aromatic heterocycles. The SMILES string of the molecule is N#Cc1ccc(Oc2cc[c]c(F)c2)cc1. The largest absolute Gasteiger partial charge is 0.457 e. The normalized spacial score (nSPS) is 9.50. The van der Waals surface area contributed by atoms with E-state index in [0.29, 0.717) is 17.1 Å². The van der Waals surface area contributed by atoms with Gasteiger partial charge in [0.05, 0.1) is 11.6 Å². The van der Waals surface area contributed by atoms with Crippen molar-refractivity contribution in [1.82, 2.24) is 0 Å². The molecule has 0 aliphatic carbocycles. The first-order valence-corrected chi connectivity index (χ1v) is 4.63. The van der Waals surface area contributed by atoms with Gasteiger partial charge in [-0.15, -0.1) is 0 Å². The molecule has 2 aromatic carbocycles. The third kappa shape index (κ3) is 2.37. The molecule has 16 heavy (non-hydrogen) atoms. The van der Waals surface area contributed by atoms with Crippen LogP contribution in [-0.4, -0.2) is 0 Å². The van der Waals surface area contributed by atoms with Gasteiger partial charge in [0.25, 0.3) is 0 Å². The van der Waals surface area contributed by atoms with E-state index in [0.717, 1.165) is 0 Å². The van der Waals surface area contributed by atoms with Gasteiger partial charge < -0.3 is 4.74 Å². The Morgan fingerprint density at radius 1 is 1.12 bits per heavy atom. The number of hydrogen-bond donors (Lipinski definition) is 0. The molecule has 77 valence electrons. The molecule has 0 atom stereocenters. The van der Waals surface area contributed by atoms with Gasteiger partial charge in [0.15, 0.2) is 0 Å². The molecule has 2 aromatic rings. The molecular formula is C13H7FNO. The molecule has 0 spiro atoms. The molecule has 0 bridgehead atoms. The van der Waals surface area contributed by atoms with Crippen molar-refractivity contribution in [2.45, 2.75) is 0 Å². The number of ether oxygens (including phenoxy) is 1. The summed E-state index contributed by atoms with van der Waals surface area (Å²) in [6.07, 6.45) is 0. The van der Waals surface area contributed by atoms with Crippen molar-refractivity contribution >= 4 is 0 Å². The van der Waals surface area contributed by atoms with E-state index >= 15 is 0 Å². The molecule has 0 aliphatic rings. The number of hydrogen-bond acceptors (Lipinski definition) is 2. The topological polar surface area (TPSA) is 33.0 Å². The summed E-state index contributed by atoms with van der Waals surface area (Å²) < 4.78 is 18.2. The van der Waals surface area contributed by atoms with Crippen molar-refractivity contribution < 1.29 is 9.13 Å². The fourth-order valence-corrected chi connectivity index (χ4v) is 1.22. The van der Waals surface area contributed by atoms with Gasteiger partial charge in [0.2, 0.25) is 0 Å². The smallest absolute Gasteiger partial charge is 0.134 e. The lowest BCUT2D eigenvalue weighted by Gasteiger charge is -2.04. The minimum Gasteiger partial charge on any atom is -0.457 e. The predicted molar refractivity (Wildman–Crippen MR) is 56.5 cm³/mol. The maximum atomic E-state index is 12.8. The van der Waals surface area contributed by atoms with Crippen molar-refractivity contribution in [2.75, 3.05) is 0 Å². The zero-order valence-electron chi connectivity index (χ0n) is 8.27. The van der Waals surface area contributed by atoms with Crippen molar-refractivity contribution in [1.29, 1.82) is 5.26 Å². The number of benzene rings is 2. The predicted octanol–water partition coefficient (Wildman–Crippen LogP) is 3.29. The zero-order chi connectivity index (χ0) is 11.4. The minimum atomic E-state index is -0.467. The molecule has 0 N–H and O–H groups in total. The van der Waals surface area contributed by atoms with Crippen LogP contribution >= 0.6 is 0 Å². The third-order valence-electron chi connectivity index (χ3n) is 1.96. The van der Waals surface area contributed by atoms with Gasteiger partial charge in [-0.2, -0.15) is 5.26 Å². The molecule has 0 amide bonds. The van der Waals surface area contributed by atoms with Crippen LogP contribution in [0.15, 0.2) is 42.5 Å². The molecule has 0 heterocycles. The van der Waals surface area contributed by atoms with Gasteiger partial charge in [-0.05, 0) is 36.4 Å². The van der Waals surface area contributed by atoms with E-state index in [9.17, 15) is 4.39 Å². The van der Waals surface area contributed by atoms with Crippen LogP contribution in [0.25, 0.3) is 0 Å². The fraction of sp³-hybridized carbons (Fsp3) is 0. The molecule has 1 radical (unpaired) electrons. The van der Waals surface area contributed by atoms with Gasteiger partial charge in [0, 0.05) is 12.1 Å². The lowest BCUT2D eigenvalue weighted by atomic mass is 10.2. The van der Waals surface area contributed by atoms with Crippen LogP contribution in [0.1, 0.15) is 5.56 Å². The highest BCUT2D eigenvalue weighted by Crippen LogP contribution is 2.21. The second kappa shape index (κ2) is 4.45. The van der Waals surface area contributed by atoms with Gasteiger partial charge in [-0.1, -0.05) is 0 Å². The summed E-state index contributed by atoms with van der Waals surface area (Å²) >= 11 is 0. The second-order valence-electron chi connectivity index (χ2n) is 3.11. The van der Waals surface area contributed by atoms with Crippen molar-refractivity contribution in [2.24, 2.45) is 0 Å². The molecule has 0 fully saturated rings. The van der Waals surface area contributed by atoms with Gasteiger partial charge in [0.1, 0.15) is 17.3 Å². The maximum Gasteiger partial charge on any atom is 0.134 e. The summed E-state index contributed by atoms with van der Waals surface area (Å²) in [6, 6.07) is 15.3. The Bertz CT molecular complexity index is 528. The van der Waals surface area contributed by atoms with E-state index < -0.39 is 5.82 Å². The van der Waals surface area contributed by atoms with Crippen LogP contribution in [-0.2, 0) is 0 Å². The van der Waals surface area contributed by atoms with Crippen molar-refractivity contribution in [3.8, 4) is 17.6 Å². The molecular weight excluding hydrogens is 205 g/mol. The quantitative estimate of drug-likeness (QED) is 0.765. The number of nitrogens with zero attached hydrogens (tertiary/aromatic N) is 1. The lowest BCUT2D eigenvalue weighted by molar-refractivity contribution is 0.476. The average molecular weight is 212 g/mol. The summed E-state index contributed by atoms with van der Waals surface area (Å²) in [5.41, 5.74) is 0.555. The Balaban J connectivity index is 2.18. The Kier molecular flexibility index (Phi) is 2.84. The van der Waals surface area contributed by atoms with Crippen LogP contribution in [0, 0.1) is 23.2 Å². The summed E-state index contributed by atoms with van der Waals surface area (Å²) in [4.78, 5) is 0. The number of rotatable bonds is 2. The zero-order valence-corrected chi connectivity index (χ0v) is 8.27. The first kappa shape index (κ1) is 10.2. The molecule has 0 unspecified atom stereocenters. The lowest BCUT2D eigenvalue weighted by Crippen LogP contribution is -1.85. The van der Waals surface area contributed by atoms with E-state index in [1.165, 1.54) is 12.1 Å². The van der Waals surface area contributed by atoms with Crippen molar-refractivity contribution in [3.05, 3.63) is 59.9 Å². The number of halogens is 1. The highest BCUT2D eigenvalue weighted by Gasteiger charge is 1.99. The Morgan fingerprint density at radius 2 is 1.88 bits per heavy atom.